The summed E-state index contributed by atoms with van der Waals surface area (Å²) in [5.74, 6) is -3.17. The molecule has 0 spiro atoms. The Hall–Kier alpha value is -4.73. The van der Waals surface area contributed by atoms with Crippen LogP contribution in [-0.2, 0) is 6.54 Å². The van der Waals surface area contributed by atoms with Crippen LogP contribution in [0.25, 0.3) is 16.9 Å². The quantitative estimate of drug-likeness (QED) is 0.376. The second kappa shape index (κ2) is 9.64. The van der Waals surface area contributed by atoms with E-state index in [9.17, 15) is 18.4 Å². The first-order chi connectivity index (χ1) is 16.8. The van der Waals surface area contributed by atoms with Gasteiger partial charge in [0.15, 0.2) is 11.6 Å². The number of nitrogens with one attached hydrogen (secondary N) is 1. The van der Waals surface area contributed by atoms with Gasteiger partial charge in [-0.25, -0.2) is 13.5 Å². The summed E-state index contributed by atoms with van der Waals surface area (Å²) in [6, 6.07) is 17.2. The maximum Gasteiger partial charge on any atom is 0.255 e. The van der Waals surface area contributed by atoms with Crippen LogP contribution in [0.2, 0.25) is 0 Å². The van der Waals surface area contributed by atoms with Gasteiger partial charge in [0.05, 0.1) is 12.7 Å². The molecule has 4 aromatic rings. The highest BCUT2D eigenvalue weighted by Crippen LogP contribution is 2.30. The van der Waals surface area contributed by atoms with Crippen LogP contribution in [0, 0.1) is 11.6 Å². The molecule has 10 heteroatoms. The van der Waals surface area contributed by atoms with Crippen molar-refractivity contribution in [2.75, 3.05) is 12.8 Å². The smallest absolute Gasteiger partial charge is 0.255 e. The topological polar surface area (TPSA) is 125 Å². The number of hydrogen-bond acceptors (Lipinski definition) is 5. The number of rotatable bonds is 7. The Morgan fingerprint density at radius 3 is 2.43 bits per heavy atom. The first-order valence-electron chi connectivity index (χ1n) is 10.4. The molecule has 2 amide bonds. The van der Waals surface area contributed by atoms with Gasteiger partial charge in [0, 0.05) is 12.1 Å². The van der Waals surface area contributed by atoms with Crippen molar-refractivity contribution in [2.24, 2.45) is 5.73 Å². The molecule has 5 N–H and O–H groups in total. The number of methoxy groups -OCH3 is 1. The largest absolute Gasteiger partial charge is 0.496 e. The van der Waals surface area contributed by atoms with Crippen LogP contribution >= 0.6 is 0 Å². The zero-order chi connectivity index (χ0) is 25.1. The average molecular weight is 477 g/mol. The summed E-state index contributed by atoms with van der Waals surface area (Å²) in [5.41, 5.74) is 12.9. The van der Waals surface area contributed by atoms with Crippen molar-refractivity contribution in [1.29, 1.82) is 0 Å². The van der Waals surface area contributed by atoms with Crippen LogP contribution in [0.1, 0.15) is 26.3 Å². The monoisotopic (exact) mass is 477 g/mol. The first-order valence-corrected chi connectivity index (χ1v) is 10.4. The fourth-order valence-electron chi connectivity index (χ4n) is 3.61. The Morgan fingerprint density at radius 2 is 1.74 bits per heavy atom. The number of nitrogen functional groups attached to an aromatic ring is 1. The molecule has 1 aromatic heterocycles. The molecule has 0 aliphatic carbocycles. The maximum absolute atomic E-state index is 14.3. The molecule has 35 heavy (non-hydrogen) atoms. The lowest BCUT2D eigenvalue weighted by molar-refractivity contribution is 0.0946. The third-order valence-electron chi connectivity index (χ3n) is 5.36. The Labute approximate surface area is 199 Å². The molecule has 1 heterocycles. The van der Waals surface area contributed by atoms with E-state index in [1.807, 2.05) is 0 Å². The van der Waals surface area contributed by atoms with Gasteiger partial charge in [-0.2, -0.15) is 5.10 Å². The molecule has 0 radical (unpaired) electrons. The summed E-state index contributed by atoms with van der Waals surface area (Å²) < 4.78 is 34.2. The van der Waals surface area contributed by atoms with E-state index in [0.717, 1.165) is 16.3 Å². The molecule has 0 unspecified atom stereocenters. The number of carbonyl (C=O) groups is 2. The number of hydrogen-bond donors (Lipinski definition) is 3. The van der Waals surface area contributed by atoms with Crippen LogP contribution < -0.4 is 21.5 Å². The number of benzene rings is 3. The van der Waals surface area contributed by atoms with E-state index in [4.69, 9.17) is 16.2 Å². The Kier molecular flexibility index (Phi) is 6.45. The molecule has 0 saturated carbocycles. The summed E-state index contributed by atoms with van der Waals surface area (Å²) in [5, 5.41) is 7.05. The number of para-hydroxylation sites is 1. The maximum atomic E-state index is 14.3. The lowest BCUT2D eigenvalue weighted by Crippen LogP contribution is -2.23. The molecule has 0 aliphatic heterocycles. The Balaban J connectivity index is 1.60. The van der Waals surface area contributed by atoms with Crippen LogP contribution in [0.15, 0.2) is 66.7 Å². The minimum atomic E-state index is -1.16. The van der Waals surface area contributed by atoms with Crippen LogP contribution in [0.3, 0.4) is 0 Å². The minimum Gasteiger partial charge on any atom is -0.496 e. The fourth-order valence-corrected chi connectivity index (χ4v) is 3.61. The van der Waals surface area contributed by atoms with Gasteiger partial charge in [-0.1, -0.05) is 42.5 Å². The standard InChI is InChI=1S/C25H21F2N5O3/c1-35-19-8-3-2-5-16(19)25(34)30-13-14-9-11-15(12-10-14)22-20(24(29)33)23(28)32(31-22)18-7-4-6-17(26)21(18)27/h2-12H,13,28H2,1H3,(H2,29,33)(H,30,34). The number of ether oxygens (including phenoxy) is 1. The van der Waals surface area contributed by atoms with E-state index < -0.39 is 17.5 Å². The molecule has 4 rings (SSSR count). The van der Waals surface area contributed by atoms with Gasteiger partial charge >= 0.3 is 0 Å². The second-order valence-electron chi connectivity index (χ2n) is 7.54. The van der Waals surface area contributed by atoms with E-state index in [1.165, 1.54) is 19.2 Å². The number of nitrogens with zero attached hydrogens (tertiary/aromatic N) is 2. The predicted octanol–water partition coefficient (Wildman–Crippen LogP) is 3.44. The van der Waals surface area contributed by atoms with Crippen molar-refractivity contribution >= 4 is 17.6 Å². The number of anilines is 1. The van der Waals surface area contributed by atoms with Crippen molar-refractivity contribution in [2.45, 2.75) is 6.54 Å². The summed E-state index contributed by atoms with van der Waals surface area (Å²) in [4.78, 5) is 24.6. The predicted molar refractivity (Wildman–Crippen MR) is 126 cm³/mol. The van der Waals surface area contributed by atoms with Gasteiger partial charge in [-0.05, 0) is 29.8 Å². The molecule has 0 fully saturated rings. The number of aromatic nitrogens is 2. The number of carbonyl (C=O) groups excluding carboxylic acids is 2. The van der Waals surface area contributed by atoms with E-state index in [0.29, 0.717) is 16.9 Å². The summed E-state index contributed by atoms with van der Waals surface area (Å²) >= 11 is 0. The highest BCUT2D eigenvalue weighted by molar-refractivity contribution is 6.03. The van der Waals surface area contributed by atoms with Gasteiger partial charge in [-0.3, -0.25) is 9.59 Å². The molecule has 0 saturated heterocycles. The summed E-state index contributed by atoms with van der Waals surface area (Å²) in [7, 11) is 1.49. The minimum absolute atomic E-state index is 0.114. The van der Waals surface area contributed by atoms with Crippen LogP contribution in [-0.4, -0.2) is 28.7 Å². The molecule has 0 bridgehead atoms. The van der Waals surface area contributed by atoms with E-state index in [2.05, 4.69) is 10.4 Å². The lowest BCUT2D eigenvalue weighted by atomic mass is 10.0. The molecule has 0 atom stereocenters. The molecule has 178 valence electrons. The highest BCUT2D eigenvalue weighted by atomic mass is 19.2. The summed E-state index contributed by atoms with van der Waals surface area (Å²) in [6.07, 6.45) is 0. The van der Waals surface area contributed by atoms with Gasteiger partial charge in [0.25, 0.3) is 11.8 Å². The van der Waals surface area contributed by atoms with E-state index in [1.54, 1.807) is 48.5 Å². The third kappa shape index (κ3) is 4.54. The molecular weight excluding hydrogens is 456 g/mol. The van der Waals surface area contributed by atoms with Crippen molar-refractivity contribution in [1.82, 2.24) is 15.1 Å². The zero-order valence-corrected chi connectivity index (χ0v) is 18.6. The normalized spacial score (nSPS) is 10.7. The lowest BCUT2D eigenvalue weighted by Gasteiger charge is -2.09. The molecular formula is C25H21F2N5O3. The average Bonchev–Trinajstić information content (AvgIpc) is 3.21. The molecule has 0 aliphatic rings. The summed E-state index contributed by atoms with van der Waals surface area (Å²) in [6.45, 7) is 0.227. The Bertz CT molecular complexity index is 1420. The Morgan fingerprint density at radius 1 is 1.03 bits per heavy atom. The van der Waals surface area contributed by atoms with Crippen LogP contribution in [0.5, 0.6) is 5.75 Å². The van der Waals surface area contributed by atoms with Gasteiger partial charge in [0.1, 0.15) is 28.5 Å². The third-order valence-corrected chi connectivity index (χ3v) is 5.36. The fraction of sp³-hybridized carbons (Fsp3) is 0.0800. The van der Waals surface area contributed by atoms with Crippen molar-refractivity contribution in [3.8, 4) is 22.7 Å². The number of primary amides is 1. The van der Waals surface area contributed by atoms with Crippen molar-refractivity contribution in [3.63, 3.8) is 0 Å². The van der Waals surface area contributed by atoms with E-state index in [-0.39, 0.29) is 35.2 Å². The van der Waals surface area contributed by atoms with Gasteiger partial charge in [0.2, 0.25) is 0 Å². The van der Waals surface area contributed by atoms with Crippen molar-refractivity contribution < 1.29 is 23.1 Å². The van der Waals surface area contributed by atoms with Crippen LogP contribution in [0.4, 0.5) is 14.6 Å². The zero-order valence-electron chi connectivity index (χ0n) is 18.6. The first kappa shape index (κ1) is 23.4. The molecule has 3 aromatic carbocycles. The van der Waals surface area contributed by atoms with Gasteiger partial charge < -0.3 is 21.5 Å². The number of halogens is 2. The molecule has 8 nitrogen and oxygen atoms in total. The van der Waals surface area contributed by atoms with Gasteiger partial charge in [-0.15, -0.1) is 0 Å². The van der Waals surface area contributed by atoms with Crippen molar-refractivity contribution in [3.05, 3.63) is 95.1 Å². The second-order valence-corrected chi connectivity index (χ2v) is 7.54. The highest BCUT2D eigenvalue weighted by Gasteiger charge is 2.24. The number of amides is 2. The SMILES string of the molecule is COc1ccccc1C(=O)NCc1ccc(-c2nn(-c3cccc(F)c3F)c(N)c2C(N)=O)cc1. The number of nitrogens with two attached hydrogens (primary N) is 2. The van der Waals surface area contributed by atoms with E-state index >= 15 is 0 Å².